The van der Waals surface area contributed by atoms with E-state index in [4.69, 9.17) is 23.2 Å². The van der Waals surface area contributed by atoms with E-state index in [1.165, 1.54) is 0 Å². The van der Waals surface area contributed by atoms with Gasteiger partial charge in [-0.2, -0.15) is 0 Å². The maximum Gasteiger partial charge on any atom is 0.0730 e. The number of aliphatic hydroxyl groups is 3. The van der Waals surface area contributed by atoms with Gasteiger partial charge >= 0.3 is 0 Å². The summed E-state index contributed by atoms with van der Waals surface area (Å²) in [5, 5.41) is 25.6. The van der Waals surface area contributed by atoms with Crippen LogP contribution >= 0.6 is 0 Å². The maximum atomic E-state index is 8.57. The van der Waals surface area contributed by atoms with Gasteiger partial charge in [-0.1, -0.05) is 5.82 Å². The third-order valence-corrected chi connectivity index (χ3v) is 1.39. The number of hydrogen-bond acceptors (Lipinski definition) is 3. The molecular formula is C6H13BO3. The normalized spacial score (nSPS) is 14.0. The number of rotatable bonds is 5. The van der Waals surface area contributed by atoms with Crippen LogP contribution in [0.2, 0.25) is 5.82 Å². The first-order valence-corrected chi connectivity index (χ1v) is 3.32. The quantitative estimate of drug-likeness (QED) is 0.430. The van der Waals surface area contributed by atoms with Crippen LogP contribution in [0.4, 0.5) is 0 Å². The Hall–Kier alpha value is -0.0551. The summed E-state index contributed by atoms with van der Waals surface area (Å²) in [4.78, 5) is 0. The van der Waals surface area contributed by atoms with Crippen LogP contribution in [0.25, 0.3) is 0 Å². The summed E-state index contributed by atoms with van der Waals surface area (Å²) in [7, 11) is 5.35. The van der Waals surface area contributed by atoms with Crippen molar-refractivity contribution in [3.8, 4) is 0 Å². The molecule has 10 heavy (non-hydrogen) atoms. The molecule has 0 saturated heterocycles. The summed E-state index contributed by atoms with van der Waals surface area (Å²) >= 11 is 0. The van der Waals surface area contributed by atoms with Crippen LogP contribution in [0.3, 0.4) is 0 Å². The largest absolute Gasteiger partial charge is 0.397 e. The second-order valence-corrected chi connectivity index (χ2v) is 2.41. The molecular weight excluding hydrogens is 131 g/mol. The molecule has 0 aromatic rings. The number of aliphatic hydroxyl groups excluding tert-OH is 3. The highest BCUT2D eigenvalue weighted by Crippen LogP contribution is 2.12. The lowest BCUT2D eigenvalue weighted by molar-refractivity contribution is 0.136. The first-order chi connectivity index (χ1) is 4.74. The molecule has 0 aromatic heterocycles. The molecule has 0 aliphatic heterocycles. The first-order valence-electron chi connectivity index (χ1n) is 3.32. The Kier molecular flexibility index (Phi) is 5.68. The first kappa shape index (κ1) is 9.94. The fourth-order valence-electron chi connectivity index (χ4n) is 0.709. The van der Waals surface area contributed by atoms with Crippen LogP contribution in [-0.2, 0) is 0 Å². The average Bonchev–Trinajstić information content (AvgIpc) is 1.99. The van der Waals surface area contributed by atoms with Crippen molar-refractivity contribution in [2.24, 2.45) is 5.92 Å². The summed E-state index contributed by atoms with van der Waals surface area (Å²) < 4.78 is 0. The predicted molar refractivity (Wildman–Crippen MR) is 38.9 cm³/mol. The summed E-state index contributed by atoms with van der Waals surface area (Å²) in [5.41, 5.74) is 0. The molecule has 1 atom stereocenters. The van der Waals surface area contributed by atoms with E-state index < -0.39 is 0 Å². The Morgan fingerprint density at radius 1 is 1.00 bits per heavy atom. The van der Waals surface area contributed by atoms with E-state index in [2.05, 4.69) is 0 Å². The zero-order valence-corrected chi connectivity index (χ0v) is 5.90. The topological polar surface area (TPSA) is 60.7 Å². The molecule has 0 unspecified atom stereocenters. The Labute approximate surface area is 62.1 Å². The number of hydrogen-bond donors (Lipinski definition) is 3. The molecule has 0 amide bonds. The van der Waals surface area contributed by atoms with Gasteiger partial charge in [0.1, 0.15) is 0 Å². The highest BCUT2D eigenvalue weighted by atomic mass is 16.3. The summed E-state index contributed by atoms with van der Waals surface area (Å²) in [6.45, 7) is -0.259. The van der Waals surface area contributed by atoms with Gasteiger partial charge in [0.05, 0.1) is 7.85 Å². The second-order valence-electron chi connectivity index (χ2n) is 2.41. The molecule has 0 heterocycles. The van der Waals surface area contributed by atoms with Crippen molar-refractivity contribution in [3.63, 3.8) is 0 Å². The Morgan fingerprint density at radius 3 is 1.80 bits per heavy atom. The van der Waals surface area contributed by atoms with Gasteiger partial charge in [-0.05, 0) is 6.42 Å². The molecule has 0 bridgehead atoms. The van der Waals surface area contributed by atoms with Crippen LogP contribution in [0.5, 0.6) is 0 Å². The minimum atomic E-state index is -0.329. The lowest BCUT2D eigenvalue weighted by Gasteiger charge is -2.14. The average molecular weight is 144 g/mol. The van der Waals surface area contributed by atoms with E-state index in [0.717, 1.165) is 0 Å². The molecule has 0 rings (SSSR count). The molecule has 0 aliphatic rings. The molecule has 4 heteroatoms. The molecule has 2 radical (unpaired) electrons. The summed E-state index contributed by atoms with van der Waals surface area (Å²) in [6, 6.07) is 0. The summed E-state index contributed by atoms with van der Waals surface area (Å²) in [6.07, 6.45) is 0.462. The van der Waals surface area contributed by atoms with Crippen molar-refractivity contribution in [1.29, 1.82) is 0 Å². The van der Waals surface area contributed by atoms with Crippen LogP contribution in [0.1, 0.15) is 6.42 Å². The molecule has 3 nitrogen and oxygen atoms in total. The van der Waals surface area contributed by atoms with Gasteiger partial charge in [0.15, 0.2) is 0 Å². The van der Waals surface area contributed by atoms with Crippen molar-refractivity contribution in [3.05, 3.63) is 0 Å². The minimum absolute atomic E-state index is 0.0792. The van der Waals surface area contributed by atoms with Crippen molar-refractivity contribution in [2.45, 2.75) is 12.2 Å². The smallest absolute Gasteiger partial charge is 0.0730 e. The molecule has 3 N–H and O–H groups in total. The Morgan fingerprint density at radius 2 is 1.50 bits per heavy atom. The zero-order valence-electron chi connectivity index (χ0n) is 5.90. The third kappa shape index (κ3) is 3.87. The summed E-state index contributed by atoms with van der Waals surface area (Å²) in [5.74, 6) is -0.522. The molecule has 58 valence electrons. The van der Waals surface area contributed by atoms with Crippen molar-refractivity contribution < 1.29 is 15.3 Å². The maximum absolute atomic E-state index is 8.57. The van der Waals surface area contributed by atoms with Crippen molar-refractivity contribution in [2.75, 3.05) is 19.8 Å². The van der Waals surface area contributed by atoms with Gasteiger partial charge in [-0.15, -0.1) is 0 Å². The second kappa shape index (κ2) is 5.71. The van der Waals surface area contributed by atoms with E-state index in [1.807, 2.05) is 0 Å². The minimum Gasteiger partial charge on any atom is -0.397 e. The fourth-order valence-corrected chi connectivity index (χ4v) is 0.709. The molecule has 0 saturated carbocycles. The van der Waals surface area contributed by atoms with Gasteiger partial charge in [0.2, 0.25) is 0 Å². The van der Waals surface area contributed by atoms with E-state index in [0.29, 0.717) is 6.42 Å². The van der Waals surface area contributed by atoms with Crippen LogP contribution < -0.4 is 0 Å². The van der Waals surface area contributed by atoms with E-state index in [-0.39, 0.29) is 31.6 Å². The van der Waals surface area contributed by atoms with Crippen molar-refractivity contribution in [1.82, 2.24) is 0 Å². The Balaban J connectivity index is 3.41. The third-order valence-electron chi connectivity index (χ3n) is 1.39. The van der Waals surface area contributed by atoms with Crippen LogP contribution in [-0.4, -0.2) is 43.0 Å². The lowest BCUT2D eigenvalue weighted by atomic mass is 9.81. The lowest BCUT2D eigenvalue weighted by Crippen LogP contribution is -2.15. The zero-order chi connectivity index (χ0) is 7.98. The van der Waals surface area contributed by atoms with Crippen LogP contribution in [0.15, 0.2) is 0 Å². The predicted octanol–water partition coefficient (Wildman–Crippen LogP) is -1.07. The van der Waals surface area contributed by atoms with Gasteiger partial charge in [-0.3, -0.25) is 0 Å². The van der Waals surface area contributed by atoms with E-state index >= 15 is 0 Å². The highest BCUT2D eigenvalue weighted by Gasteiger charge is 2.09. The molecule has 0 fully saturated rings. The van der Waals surface area contributed by atoms with Gasteiger partial charge < -0.3 is 15.3 Å². The SMILES string of the molecule is [B][C@@H](CO)CC(CO)CO. The molecule has 0 aliphatic carbocycles. The fraction of sp³-hybridized carbons (Fsp3) is 1.00. The molecule has 0 aromatic carbocycles. The van der Waals surface area contributed by atoms with Gasteiger partial charge in [0, 0.05) is 25.7 Å². The van der Waals surface area contributed by atoms with E-state index in [9.17, 15) is 0 Å². The van der Waals surface area contributed by atoms with Gasteiger partial charge in [0.25, 0.3) is 0 Å². The molecule has 0 spiro atoms. The Bertz CT molecular complexity index is 75.4. The van der Waals surface area contributed by atoms with Gasteiger partial charge in [-0.25, -0.2) is 0 Å². The highest BCUT2D eigenvalue weighted by molar-refractivity contribution is 6.11. The van der Waals surface area contributed by atoms with Crippen LogP contribution in [0, 0.1) is 5.92 Å². The van der Waals surface area contributed by atoms with E-state index in [1.54, 1.807) is 0 Å². The standard InChI is InChI=1S/C6H13BO3/c7-6(4-10)1-5(2-8)3-9/h5-6,8-10H,1-4H2/t6-/m1/s1. The monoisotopic (exact) mass is 144 g/mol. The van der Waals surface area contributed by atoms with Crippen molar-refractivity contribution >= 4 is 7.85 Å².